The number of halogens is 3. The summed E-state index contributed by atoms with van der Waals surface area (Å²) in [7, 11) is 0. The van der Waals surface area contributed by atoms with Gasteiger partial charge in [-0.2, -0.15) is 0 Å². The van der Waals surface area contributed by atoms with Crippen LogP contribution in [0.25, 0.3) is 0 Å². The van der Waals surface area contributed by atoms with E-state index in [9.17, 15) is 0 Å². The molecule has 3 heteroatoms. The predicted octanol–water partition coefficient (Wildman–Crippen LogP) is 5.54. The SMILES string of the molecule is ClCCCCCCCCCCC(Cl)Cl. The molecule has 0 aromatic carbocycles. The van der Waals surface area contributed by atoms with Crippen LogP contribution >= 0.6 is 34.8 Å². The fourth-order valence-corrected chi connectivity index (χ4v) is 1.95. The minimum absolute atomic E-state index is 0.168. The van der Waals surface area contributed by atoms with Gasteiger partial charge in [0.25, 0.3) is 0 Å². The third kappa shape index (κ3) is 12.9. The molecule has 0 aliphatic rings. The Morgan fingerprint density at radius 1 is 0.643 bits per heavy atom. The molecule has 0 fully saturated rings. The van der Waals surface area contributed by atoms with Crippen molar-refractivity contribution in [1.29, 1.82) is 0 Å². The van der Waals surface area contributed by atoms with E-state index < -0.39 is 0 Å². The first kappa shape index (κ1) is 14.9. The average Bonchev–Trinajstić information content (AvgIpc) is 2.15. The highest BCUT2D eigenvalue weighted by atomic mass is 35.5. The van der Waals surface area contributed by atoms with Crippen LogP contribution < -0.4 is 0 Å². The van der Waals surface area contributed by atoms with Crippen molar-refractivity contribution in [3.05, 3.63) is 0 Å². The fraction of sp³-hybridized carbons (Fsp3) is 1.00. The van der Waals surface area contributed by atoms with Crippen LogP contribution in [-0.4, -0.2) is 10.7 Å². The summed E-state index contributed by atoms with van der Waals surface area (Å²) in [5.74, 6) is 0.812. The van der Waals surface area contributed by atoms with Crippen molar-refractivity contribution in [3.63, 3.8) is 0 Å². The van der Waals surface area contributed by atoms with E-state index in [1.807, 2.05) is 0 Å². The predicted molar refractivity (Wildman–Crippen MR) is 67.8 cm³/mol. The molecule has 86 valence electrons. The second-order valence-corrected chi connectivity index (χ2v) is 5.35. The first-order valence-electron chi connectivity index (χ1n) is 5.61. The largest absolute Gasteiger partial charge is 0.127 e. The van der Waals surface area contributed by atoms with Gasteiger partial charge in [0.05, 0.1) is 0 Å². The molecule has 0 nitrogen and oxygen atoms in total. The monoisotopic (exact) mass is 258 g/mol. The van der Waals surface area contributed by atoms with Gasteiger partial charge in [-0.3, -0.25) is 0 Å². The highest BCUT2D eigenvalue weighted by molar-refractivity contribution is 6.44. The van der Waals surface area contributed by atoms with Crippen LogP contribution in [0.15, 0.2) is 0 Å². The summed E-state index contributed by atoms with van der Waals surface area (Å²) in [5.41, 5.74) is 0. The molecule has 0 N–H and O–H groups in total. The van der Waals surface area contributed by atoms with Gasteiger partial charge >= 0.3 is 0 Å². The van der Waals surface area contributed by atoms with Gasteiger partial charge in [-0.15, -0.1) is 34.8 Å². The Kier molecular flexibility index (Phi) is 12.7. The number of hydrogen-bond donors (Lipinski definition) is 0. The Hall–Kier alpha value is 0.870. The summed E-state index contributed by atoms with van der Waals surface area (Å²) in [6.07, 6.45) is 11.2. The lowest BCUT2D eigenvalue weighted by Gasteiger charge is -2.02. The zero-order valence-electron chi connectivity index (χ0n) is 8.78. The van der Waals surface area contributed by atoms with Crippen LogP contribution in [0.3, 0.4) is 0 Å². The minimum Gasteiger partial charge on any atom is -0.127 e. The average molecular weight is 260 g/mol. The van der Waals surface area contributed by atoms with Crippen LogP contribution in [-0.2, 0) is 0 Å². The van der Waals surface area contributed by atoms with Crippen LogP contribution in [0.1, 0.15) is 57.8 Å². The molecule has 0 aliphatic heterocycles. The quantitative estimate of drug-likeness (QED) is 0.357. The lowest BCUT2D eigenvalue weighted by Crippen LogP contribution is -1.87. The van der Waals surface area contributed by atoms with Gasteiger partial charge in [0.1, 0.15) is 4.84 Å². The molecule has 0 aromatic heterocycles. The maximum atomic E-state index is 5.63. The lowest BCUT2D eigenvalue weighted by molar-refractivity contribution is 0.571. The second-order valence-electron chi connectivity index (χ2n) is 3.70. The Labute approximate surface area is 103 Å². The molecule has 0 unspecified atom stereocenters. The van der Waals surface area contributed by atoms with E-state index >= 15 is 0 Å². The highest BCUT2D eigenvalue weighted by Gasteiger charge is 1.97. The van der Waals surface area contributed by atoms with E-state index in [2.05, 4.69) is 0 Å². The summed E-state index contributed by atoms with van der Waals surface area (Å²) in [4.78, 5) is -0.168. The molecule has 0 amide bonds. The Morgan fingerprint density at radius 3 is 1.50 bits per heavy atom. The maximum absolute atomic E-state index is 5.63. The van der Waals surface area contributed by atoms with E-state index in [-0.39, 0.29) is 4.84 Å². The topological polar surface area (TPSA) is 0 Å². The normalized spacial score (nSPS) is 11.1. The number of hydrogen-bond acceptors (Lipinski definition) is 0. The van der Waals surface area contributed by atoms with E-state index in [1.54, 1.807) is 0 Å². The number of rotatable bonds is 10. The molecule has 0 rings (SSSR count). The molecule has 0 atom stereocenters. The van der Waals surface area contributed by atoms with Crippen molar-refractivity contribution >= 4 is 34.8 Å². The van der Waals surface area contributed by atoms with E-state index in [0.717, 1.165) is 12.3 Å². The molecule has 0 aromatic rings. The molecular weight excluding hydrogens is 238 g/mol. The number of unbranched alkanes of at least 4 members (excludes halogenated alkanes) is 7. The van der Waals surface area contributed by atoms with Gasteiger partial charge in [-0.05, 0) is 12.8 Å². The van der Waals surface area contributed by atoms with Crippen molar-refractivity contribution in [2.45, 2.75) is 62.6 Å². The zero-order valence-corrected chi connectivity index (χ0v) is 11.1. The van der Waals surface area contributed by atoms with Crippen molar-refractivity contribution < 1.29 is 0 Å². The van der Waals surface area contributed by atoms with Crippen molar-refractivity contribution in [2.24, 2.45) is 0 Å². The molecule has 0 saturated carbocycles. The van der Waals surface area contributed by atoms with Gasteiger partial charge in [-0.1, -0.05) is 44.9 Å². The number of alkyl halides is 3. The summed E-state index contributed by atoms with van der Waals surface area (Å²) >= 11 is 16.8. The van der Waals surface area contributed by atoms with Gasteiger partial charge < -0.3 is 0 Å². The lowest BCUT2D eigenvalue weighted by atomic mass is 10.1. The highest BCUT2D eigenvalue weighted by Crippen LogP contribution is 2.14. The summed E-state index contributed by atoms with van der Waals surface area (Å²) < 4.78 is 0. The summed E-state index contributed by atoms with van der Waals surface area (Å²) in [6.45, 7) is 0. The molecule has 0 spiro atoms. The van der Waals surface area contributed by atoms with Crippen LogP contribution in [0.2, 0.25) is 0 Å². The van der Waals surface area contributed by atoms with Crippen molar-refractivity contribution in [2.75, 3.05) is 5.88 Å². The third-order valence-corrected chi connectivity index (χ3v) is 3.01. The molecule has 0 bridgehead atoms. The van der Waals surface area contributed by atoms with E-state index in [4.69, 9.17) is 34.8 Å². The van der Waals surface area contributed by atoms with Gasteiger partial charge in [0.2, 0.25) is 0 Å². The Bertz CT molecular complexity index is 105. The zero-order chi connectivity index (χ0) is 10.6. The fourth-order valence-electron chi connectivity index (χ4n) is 1.45. The van der Waals surface area contributed by atoms with Gasteiger partial charge in [-0.25, -0.2) is 0 Å². The molecular formula is C11H21Cl3. The molecule has 14 heavy (non-hydrogen) atoms. The van der Waals surface area contributed by atoms with Crippen molar-refractivity contribution in [3.8, 4) is 0 Å². The Balaban J connectivity index is 2.85. The van der Waals surface area contributed by atoms with E-state index in [1.165, 1.54) is 51.4 Å². The first-order chi connectivity index (χ1) is 6.77. The van der Waals surface area contributed by atoms with Crippen LogP contribution in [0, 0.1) is 0 Å². The molecule has 0 radical (unpaired) electrons. The summed E-state index contributed by atoms with van der Waals surface area (Å²) in [5, 5.41) is 0. The Morgan fingerprint density at radius 2 is 1.07 bits per heavy atom. The van der Waals surface area contributed by atoms with Gasteiger partial charge in [0.15, 0.2) is 0 Å². The molecule has 0 aliphatic carbocycles. The maximum Gasteiger partial charge on any atom is 0.107 e. The van der Waals surface area contributed by atoms with Crippen LogP contribution in [0.5, 0.6) is 0 Å². The smallest absolute Gasteiger partial charge is 0.107 e. The first-order valence-corrected chi connectivity index (χ1v) is 7.02. The molecule has 0 heterocycles. The van der Waals surface area contributed by atoms with Gasteiger partial charge in [0, 0.05) is 5.88 Å². The third-order valence-electron chi connectivity index (χ3n) is 2.31. The minimum atomic E-state index is -0.168. The standard InChI is InChI=1S/C11H21Cl3/c12-10-8-6-4-2-1-3-5-7-9-11(13)14/h11H,1-10H2. The summed E-state index contributed by atoms with van der Waals surface area (Å²) in [6, 6.07) is 0. The van der Waals surface area contributed by atoms with E-state index in [0.29, 0.717) is 0 Å². The second kappa shape index (κ2) is 11.9. The molecule has 0 saturated heterocycles. The van der Waals surface area contributed by atoms with Crippen molar-refractivity contribution in [1.82, 2.24) is 0 Å². The van der Waals surface area contributed by atoms with Crippen LogP contribution in [0.4, 0.5) is 0 Å².